The second kappa shape index (κ2) is 10.9. The maximum absolute atomic E-state index is 14.7. The molecule has 5 atom stereocenters. The first-order valence-corrected chi connectivity index (χ1v) is 15.9. The number of hydrogen-bond donors (Lipinski definition) is 4. The van der Waals surface area contributed by atoms with E-state index >= 15 is 0 Å². The zero-order valence-corrected chi connectivity index (χ0v) is 27.1. The van der Waals surface area contributed by atoms with Gasteiger partial charge >= 0.3 is 0 Å². The van der Waals surface area contributed by atoms with E-state index in [0.717, 1.165) is 11.1 Å². The molecule has 0 fully saturated rings. The Morgan fingerprint density at radius 2 is 1.50 bits per heavy atom. The van der Waals surface area contributed by atoms with Crippen molar-refractivity contribution in [1.29, 1.82) is 0 Å². The standard InChI is InChI=1S/C40H42O6/c1-22-21-38(5)37(45)39(6)23(2)29-17-18-30(28(19-26-13-9-7-10-14-26)20-27-15-11-8-12-16-27)34(42)32(29)35(43)33(39)36(44)40(38,46)24(3)31(22)25(4)41/h7-18,23,28,37,42,44-46H,3,19-21H2,1-2,4-6H3/t23-,37+,38+,39+,40+/m1/s1. The van der Waals surface area contributed by atoms with Crippen molar-refractivity contribution in [2.24, 2.45) is 10.8 Å². The van der Waals surface area contributed by atoms with Crippen LogP contribution in [0.4, 0.5) is 0 Å². The average Bonchev–Trinajstić information content (AvgIpc) is 3.02. The predicted molar refractivity (Wildman–Crippen MR) is 178 cm³/mol. The topological polar surface area (TPSA) is 115 Å². The lowest BCUT2D eigenvalue weighted by Gasteiger charge is -2.62. The highest BCUT2D eigenvalue weighted by atomic mass is 16.3. The van der Waals surface area contributed by atoms with Gasteiger partial charge < -0.3 is 20.4 Å². The van der Waals surface area contributed by atoms with E-state index in [-0.39, 0.29) is 46.2 Å². The molecule has 4 N–H and O–H groups in total. The number of allylic oxidation sites excluding steroid dienone is 1. The van der Waals surface area contributed by atoms with Crippen LogP contribution in [0, 0.1) is 10.8 Å². The Morgan fingerprint density at radius 1 is 0.957 bits per heavy atom. The van der Waals surface area contributed by atoms with Gasteiger partial charge in [0.05, 0.1) is 17.2 Å². The maximum atomic E-state index is 14.7. The van der Waals surface area contributed by atoms with Crippen molar-refractivity contribution in [3.8, 4) is 5.75 Å². The third kappa shape index (κ3) is 4.23. The minimum Gasteiger partial charge on any atom is -0.508 e. The number of carbonyl (C=O) groups excluding carboxylic acids is 2. The van der Waals surface area contributed by atoms with Gasteiger partial charge in [-0.25, -0.2) is 0 Å². The molecule has 3 aliphatic carbocycles. The molecule has 0 amide bonds. The van der Waals surface area contributed by atoms with E-state index in [1.165, 1.54) is 6.92 Å². The van der Waals surface area contributed by atoms with Gasteiger partial charge in [0.1, 0.15) is 11.5 Å². The molecular weight excluding hydrogens is 576 g/mol. The van der Waals surface area contributed by atoms with Crippen LogP contribution >= 0.6 is 0 Å². The zero-order valence-electron chi connectivity index (χ0n) is 27.1. The molecule has 0 aromatic heterocycles. The van der Waals surface area contributed by atoms with Gasteiger partial charge in [-0.3, -0.25) is 9.59 Å². The fourth-order valence-corrected chi connectivity index (χ4v) is 8.90. The zero-order chi connectivity index (χ0) is 33.3. The Labute approximate surface area is 270 Å². The second-order valence-electron chi connectivity index (χ2n) is 14.0. The molecule has 238 valence electrons. The van der Waals surface area contributed by atoms with Gasteiger partial charge in [0.15, 0.2) is 17.2 Å². The van der Waals surface area contributed by atoms with E-state index in [9.17, 15) is 30.0 Å². The van der Waals surface area contributed by atoms with E-state index in [4.69, 9.17) is 0 Å². The summed E-state index contributed by atoms with van der Waals surface area (Å²) in [6.45, 7) is 12.5. The Kier molecular flexibility index (Phi) is 7.53. The molecule has 0 bridgehead atoms. The minimum atomic E-state index is -2.27. The summed E-state index contributed by atoms with van der Waals surface area (Å²) in [5.74, 6) is -2.45. The van der Waals surface area contributed by atoms with Gasteiger partial charge in [-0.05, 0) is 72.8 Å². The lowest BCUT2D eigenvalue weighted by Crippen LogP contribution is -2.68. The Morgan fingerprint density at radius 3 is 2.02 bits per heavy atom. The smallest absolute Gasteiger partial charge is 0.197 e. The Bertz CT molecular complexity index is 1790. The molecule has 3 aromatic rings. The van der Waals surface area contributed by atoms with Gasteiger partial charge in [0.2, 0.25) is 0 Å². The van der Waals surface area contributed by atoms with Crippen LogP contribution in [0.2, 0.25) is 0 Å². The summed E-state index contributed by atoms with van der Waals surface area (Å²) >= 11 is 0. The summed E-state index contributed by atoms with van der Waals surface area (Å²) in [5.41, 5.74) is -0.886. The molecule has 0 radical (unpaired) electrons. The van der Waals surface area contributed by atoms with Crippen LogP contribution < -0.4 is 0 Å². The molecule has 6 nitrogen and oxygen atoms in total. The monoisotopic (exact) mass is 618 g/mol. The van der Waals surface area contributed by atoms with Gasteiger partial charge in [0, 0.05) is 16.4 Å². The number of aliphatic hydroxyl groups excluding tert-OH is 2. The van der Waals surface area contributed by atoms with E-state index in [1.807, 2.05) is 79.7 Å². The highest BCUT2D eigenvalue weighted by Crippen LogP contribution is 2.67. The number of benzene rings is 3. The summed E-state index contributed by atoms with van der Waals surface area (Å²) in [6.07, 6.45) is 0.0414. The van der Waals surface area contributed by atoms with Crippen LogP contribution in [0.3, 0.4) is 0 Å². The number of rotatable bonds is 6. The molecule has 0 spiro atoms. The number of fused-ring (bicyclic) bond motifs is 3. The number of phenolic OH excluding ortho intramolecular Hbond substituents is 1. The van der Waals surface area contributed by atoms with Crippen molar-refractivity contribution in [2.75, 3.05) is 0 Å². The number of carbonyl (C=O) groups is 2. The molecular formula is C40H42O6. The van der Waals surface area contributed by atoms with E-state index < -0.39 is 40.0 Å². The summed E-state index contributed by atoms with van der Waals surface area (Å²) in [6, 6.07) is 23.7. The molecule has 3 aliphatic rings. The van der Waals surface area contributed by atoms with E-state index in [2.05, 4.69) is 6.58 Å². The third-order valence-corrected chi connectivity index (χ3v) is 11.4. The summed E-state index contributed by atoms with van der Waals surface area (Å²) in [7, 11) is 0. The van der Waals surface area contributed by atoms with Gasteiger partial charge in [0.25, 0.3) is 0 Å². The largest absolute Gasteiger partial charge is 0.508 e. The lowest BCUT2D eigenvalue weighted by atomic mass is 9.44. The average molecular weight is 619 g/mol. The second-order valence-corrected chi connectivity index (χ2v) is 14.0. The van der Waals surface area contributed by atoms with Crippen molar-refractivity contribution >= 4 is 11.6 Å². The van der Waals surface area contributed by atoms with Crippen LogP contribution in [0.1, 0.15) is 85.5 Å². The van der Waals surface area contributed by atoms with Crippen molar-refractivity contribution in [2.45, 2.75) is 77.4 Å². The summed E-state index contributed by atoms with van der Waals surface area (Å²) in [5, 5.41) is 48.7. The Balaban J connectivity index is 1.54. The summed E-state index contributed by atoms with van der Waals surface area (Å²) < 4.78 is 0. The molecule has 46 heavy (non-hydrogen) atoms. The quantitative estimate of drug-likeness (QED) is 0.235. The van der Waals surface area contributed by atoms with Crippen molar-refractivity contribution < 1.29 is 30.0 Å². The SMILES string of the molecule is C=C1C(C(C)=O)=C(C)C[C@@]2(C)[C@H](O)[C@]3(C)C(=C(O)[C@@]12O)C(=O)c1c(ccc(C(Cc2ccccc2)Cc2ccccc2)c1O)[C@H]3C. The van der Waals surface area contributed by atoms with Crippen LogP contribution in [0.15, 0.2) is 107 Å². The molecule has 0 saturated heterocycles. The third-order valence-electron chi connectivity index (χ3n) is 11.4. The fourth-order valence-electron chi connectivity index (χ4n) is 8.90. The number of ketones is 2. The van der Waals surface area contributed by atoms with Crippen LogP contribution in [0.5, 0.6) is 5.75 Å². The number of phenols is 1. The predicted octanol–water partition coefficient (Wildman–Crippen LogP) is 7.06. The lowest BCUT2D eigenvalue weighted by molar-refractivity contribution is -0.165. The van der Waals surface area contributed by atoms with Crippen molar-refractivity contribution in [3.63, 3.8) is 0 Å². The van der Waals surface area contributed by atoms with Crippen LogP contribution in [-0.2, 0) is 17.6 Å². The van der Waals surface area contributed by atoms with E-state index in [1.54, 1.807) is 20.8 Å². The number of Topliss-reactive ketones (excluding diaryl/α,β-unsaturated/α-hetero) is 2. The van der Waals surface area contributed by atoms with E-state index in [0.29, 0.717) is 29.5 Å². The maximum Gasteiger partial charge on any atom is 0.197 e. The molecule has 0 saturated carbocycles. The fraction of sp³-hybridized carbons (Fsp3) is 0.350. The molecule has 0 unspecified atom stereocenters. The molecule has 0 heterocycles. The first-order chi connectivity index (χ1) is 21.7. The number of aromatic hydroxyl groups is 1. The first-order valence-electron chi connectivity index (χ1n) is 15.9. The first kappa shape index (κ1) is 31.7. The van der Waals surface area contributed by atoms with Crippen LogP contribution in [0.25, 0.3) is 0 Å². The molecule has 6 rings (SSSR count). The van der Waals surface area contributed by atoms with Crippen molar-refractivity contribution in [1.82, 2.24) is 0 Å². The van der Waals surface area contributed by atoms with Gasteiger partial charge in [-0.1, -0.05) is 106 Å². The highest BCUT2D eigenvalue weighted by Gasteiger charge is 2.70. The Hall–Kier alpha value is -4.26. The molecule has 0 aliphatic heterocycles. The van der Waals surface area contributed by atoms with Gasteiger partial charge in [-0.15, -0.1) is 0 Å². The number of hydrogen-bond acceptors (Lipinski definition) is 6. The normalized spacial score (nSPS) is 29.0. The number of aliphatic hydroxyl groups is 3. The molecule has 3 aromatic carbocycles. The van der Waals surface area contributed by atoms with Crippen molar-refractivity contribution in [3.05, 3.63) is 135 Å². The van der Waals surface area contributed by atoms with Gasteiger partial charge in [-0.2, -0.15) is 0 Å². The summed E-state index contributed by atoms with van der Waals surface area (Å²) in [4.78, 5) is 27.3. The minimum absolute atomic E-state index is 0.0349. The highest BCUT2D eigenvalue weighted by molar-refractivity contribution is 6.15. The van der Waals surface area contributed by atoms with Crippen LogP contribution in [-0.4, -0.2) is 43.7 Å². The molecule has 6 heteroatoms.